The minimum atomic E-state index is -0.461. The van der Waals surface area contributed by atoms with Crippen LogP contribution in [-0.4, -0.2) is 39.6 Å². The average Bonchev–Trinajstić information content (AvgIpc) is 2.84. The molecule has 2 heterocycles. The molecule has 5 heteroatoms. The van der Waals surface area contributed by atoms with Crippen LogP contribution in [-0.2, 0) is 4.79 Å². The summed E-state index contributed by atoms with van der Waals surface area (Å²) in [6.45, 7) is 5.22. The summed E-state index contributed by atoms with van der Waals surface area (Å²) in [6, 6.07) is 9.77. The fourth-order valence-corrected chi connectivity index (χ4v) is 2.60. The van der Waals surface area contributed by atoms with Crippen molar-refractivity contribution in [3.63, 3.8) is 0 Å². The second kappa shape index (κ2) is 5.60. The molecule has 2 aromatic rings. The maximum absolute atomic E-state index is 12.3. The topological polar surface area (TPSA) is 47.4 Å². The zero-order valence-electron chi connectivity index (χ0n) is 12.3. The lowest BCUT2D eigenvalue weighted by molar-refractivity contribution is -0.143. The van der Waals surface area contributed by atoms with Crippen LogP contribution in [0.4, 0.5) is 0 Å². The van der Waals surface area contributed by atoms with Crippen LogP contribution in [0.15, 0.2) is 42.7 Å². The van der Waals surface area contributed by atoms with E-state index in [-0.39, 0.29) is 5.91 Å². The van der Waals surface area contributed by atoms with E-state index in [0.717, 1.165) is 24.7 Å². The lowest BCUT2D eigenvalue weighted by Gasteiger charge is -2.41. The van der Waals surface area contributed by atoms with Gasteiger partial charge in [0.15, 0.2) is 6.10 Å². The van der Waals surface area contributed by atoms with Crippen molar-refractivity contribution in [2.45, 2.75) is 26.0 Å². The van der Waals surface area contributed by atoms with Gasteiger partial charge in [0.1, 0.15) is 11.6 Å². The predicted molar refractivity (Wildman–Crippen MR) is 79.1 cm³/mol. The van der Waals surface area contributed by atoms with E-state index in [2.05, 4.69) is 9.55 Å². The molecule has 1 fully saturated rings. The van der Waals surface area contributed by atoms with Crippen LogP contribution in [0, 0.1) is 6.92 Å². The van der Waals surface area contributed by atoms with Gasteiger partial charge in [-0.15, -0.1) is 0 Å². The van der Waals surface area contributed by atoms with E-state index >= 15 is 0 Å². The molecule has 3 rings (SSSR count). The van der Waals surface area contributed by atoms with E-state index in [4.69, 9.17) is 4.74 Å². The van der Waals surface area contributed by atoms with Gasteiger partial charge in [-0.05, 0) is 26.0 Å². The van der Waals surface area contributed by atoms with Gasteiger partial charge in [-0.25, -0.2) is 4.98 Å². The third kappa shape index (κ3) is 2.77. The van der Waals surface area contributed by atoms with Gasteiger partial charge in [-0.1, -0.05) is 18.2 Å². The predicted octanol–water partition coefficient (Wildman–Crippen LogP) is 2.04. The maximum atomic E-state index is 12.3. The molecule has 1 unspecified atom stereocenters. The first-order valence-electron chi connectivity index (χ1n) is 7.15. The molecular formula is C16H19N3O2. The number of aromatic nitrogens is 2. The first-order valence-corrected chi connectivity index (χ1v) is 7.15. The Labute approximate surface area is 124 Å². The van der Waals surface area contributed by atoms with Crippen molar-refractivity contribution in [3.8, 4) is 5.75 Å². The molecule has 110 valence electrons. The van der Waals surface area contributed by atoms with E-state index in [1.165, 1.54) is 0 Å². The van der Waals surface area contributed by atoms with Crippen molar-refractivity contribution >= 4 is 5.91 Å². The number of benzene rings is 1. The third-order valence-electron chi connectivity index (χ3n) is 3.83. The number of carbonyl (C=O) groups excluding carboxylic acids is 1. The first-order chi connectivity index (χ1) is 10.1. The van der Waals surface area contributed by atoms with Crippen LogP contribution < -0.4 is 4.74 Å². The molecular weight excluding hydrogens is 266 g/mol. The molecule has 1 atom stereocenters. The van der Waals surface area contributed by atoms with Gasteiger partial charge in [0.2, 0.25) is 0 Å². The quantitative estimate of drug-likeness (QED) is 0.863. The van der Waals surface area contributed by atoms with Crippen LogP contribution in [0.3, 0.4) is 0 Å². The Hall–Kier alpha value is -2.30. The lowest BCUT2D eigenvalue weighted by Crippen LogP contribution is -2.54. The molecule has 1 aromatic heterocycles. The highest BCUT2D eigenvalue weighted by Gasteiger charge is 2.35. The van der Waals surface area contributed by atoms with Gasteiger partial charge in [-0.2, -0.15) is 0 Å². The SMILES string of the molecule is Cc1nccn1C1CN(C(=O)C(C)Oc2ccccc2)C1. The minimum absolute atomic E-state index is 0.0351. The fraction of sp³-hybridized carbons (Fsp3) is 0.375. The number of hydrogen-bond acceptors (Lipinski definition) is 3. The van der Waals surface area contributed by atoms with Crippen molar-refractivity contribution in [1.82, 2.24) is 14.5 Å². The Balaban J connectivity index is 1.54. The molecule has 0 radical (unpaired) electrons. The Morgan fingerprint density at radius 1 is 1.33 bits per heavy atom. The molecule has 5 nitrogen and oxygen atoms in total. The highest BCUT2D eigenvalue weighted by molar-refractivity contribution is 5.81. The number of carbonyl (C=O) groups is 1. The molecule has 1 saturated heterocycles. The number of nitrogens with zero attached hydrogens (tertiary/aromatic N) is 3. The van der Waals surface area contributed by atoms with Crippen molar-refractivity contribution in [2.75, 3.05) is 13.1 Å². The molecule has 21 heavy (non-hydrogen) atoms. The number of hydrogen-bond donors (Lipinski definition) is 0. The molecule has 0 bridgehead atoms. The number of imidazole rings is 1. The van der Waals surface area contributed by atoms with Gasteiger partial charge in [0.05, 0.1) is 6.04 Å². The molecule has 1 aliphatic heterocycles. The smallest absolute Gasteiger partial charge is 0.263 e. The van der Waals surface area contributed by atoms with Crippen LogP contribution in [0.1, 0.15) is 18.8 Å². The molecule has 0 aliphatic carbocycles. The largest absolute Gasteiger partial charge is 0.481 e. The summed E-state index contributed by atoms with van der Waals surface area (Å²) in [7, 11) is 0. The molecule has 0 saturated carbocycles. The van der Waals surface area contributed by atoms with Gasteiger partial charge in [0, 0.05) is 25.5 Å². The Morgan fingerprint density at radius 2 is 2.05 bits per heavy atom. The number of ether oxygens (including phenoxy) is 1. The van der Waals surface area contributed by atoms with Crippen molar-refractivity contribution in [1.29, 1.82) is 0 Å². The highest BCUT2D eigenvalue weighted by atomic mass is 16.5. The summed E-state index contributed by atoms with van der Waals surface area (Å²) in [4.78, 5) is 18.4. The van der Waals surface area contributed by atoms with E-state index in [1.54, 1.807) is 13.1 Å². The monoisotopic (exact) mass is 285 g/mol. The average molecular weight is 285 g/mol. The highest BCUT2D eigenvalue weighted by Crippen LogP contribution is 2.23. The summed E-state index contributed by atoms with van der Waals surface area (Å²) >= 11 is 0. The zero-order chi connectivity index (χ0) is 14.8. The van der Waals surface area contributed by atoms with E-state index in [9.17, 15) is 4.79 Å². The van der Waals surface area contributed by atoms with E-state index in [1.807, 2.05) is 48.4 Å². The summed E-state index contributed by atoms with van der Waals surface area (Å²) in [6.07, 6.45) is 3.30. The number of likely N-dealkylation sites (tertiary alicyclic amines) is 1. The summed E-state index contributed by atoms with van der Waals surface area (Å²) < 4.78 is 7.79. The van der Waals surface area contributed by atoms with Crippen LogP contribution in [0.5, 0.6) is 5.75 Å². The van der Waals surface area contributed by atoms with E-state index < -0.39 is 6.10 Å². The number of para-hydroxylation sites is 1. The number of amides is 1. The van der Waals surface area contributed by atoms with Gasteiger partial charge in [-0.3, -0.25) is 4.79 Å². The van der Waals surface area contributed by atoms with Gasteiger partial charge >= 0.3 is 0 Å². The van der Waals surface area contributed by atoms with Gasteiger partial charge in [0.25, 0.3) is 5.91 Å². The third-order valence-corrected chi connectivity index (χ3v) is 3.83. The molecule has 1 aliphatic rings. The van der Waals surface area contributed by atoms with E-state index in [0.29, 0.717) is 6.04 Å². The normalized spacial score (nSPS) is 16.4. The van der Waals surface area contributed by atoms with Gasteiger partial charge < -0.3 is 14.2 Å². The number of rotatable bonds is 4. The Morgan fingerprint density at radius 3 is 2.67 bits per heavy atom. The van der Waals surface area contributed by atoms with Crippen molar-refractivity contribution in [2.24, 2.45) is 0 Å². The second-order valence-electron chi connectivity index (χ2n) is 5.35. The summed E-state index contributed by atoms with van der Waals surface area (Å²) in [5.74, 6) is 1.74. The van der Waals surface area contributed by atoms with Crippen LogP contribution in [0.25, 0.3) is 0 Å². The lowest BCUT2D eigenvalue weighted by atomic mass is 10.1. The van der Waals surface area contributed by atoms with Crippen LogP contribution in [0.2, 0.25) is 0 Å². The van der Waals surface area contributed by atoms with Crippen LogP contribution >= 0.6 is 0 Å². The second-order valence-corrected chi connectivity index (χ2v) is 5.35. The van der Waals surface area contributed by atoms with Crippen molar-refractivity contribution in [3.05, 3.63) is 48.5 Å². The molecule has 1 amide bonds. The maximum Gasteiger partial charge on any atom is 0.263 e. The standard InChI is InChI=1S/C16H19N3O2/c1-12(21-15-6-4-3-5-7-15)16(20)18-10-14(11-18)19-9-8-17-13(19)2/h3-9,12,14H,10-11H2,1-2H3. The Bertz CT molecular complexity index is 617. The summed E-state index contributed by atoms with van der Waals surface area (Å²) in [5.41, 5.74) is 0. The molecule has 1 aromatic carbocycles. The minimum Gasteiger partial charge on any atom is -0.481 e. The summed E-state index contributed by atoms with van der Waals surface area (Å²) in [5, 5.41) is 0. The number of aryl methyl sites for hydroxylation is 1. The molecule has 0 N–H and O–H groups in total. The van der Waals surface area contributed by atoms with Crippen molar-refractivity contribution < 1.29 is 9.53 Å². The molecule has 0 spiro atoms. The fourth-order valence-electron chi connectivity index (χ4n) is 2.60. The first kappa shape index (κ1) is 13.7. The zero-order valence-corrected chi connectivity index (χ0v) is 12.3. The Kier molecular flexibility index (Phi) is 3.64.